The molecule has 1 aliphatic heterocycles. The summed E-state index contributed by atoms with van der Waals surface area (Å²) in [7, 11) is -3.71. The molecule has 1 atom stereocenters. The molecule has 0 radical (unpaired) electrons. The predicted octanol–water partition coefficient (Wildman–Crippen LogP) is 1.81. The molecule has 1 fully saturated rings. The summed E-state index contributed by atoms with van der Waals surface area (Å²) in [4.78, 5) is 0. The van der Waals surface area contributed by atoms with E-state index in [0.717, 1.165) is 25.0 Å². The summed E-state index contributed by atoms with van der Waals surface area (Å²) in [6.45, 7) is 1.28. The number of nitrogens with one attached hydrogen (secondary N) is 1. The van der Waals surface area contributed by atoms with Crippen LogP contribution in [0.1, 0.15) is 12.8 Å². The van der Waals surface area contributed by atoms with Gasteiger partial charge in [-0.1, -0.05) is 11.6 Å². The largest absolute Gasteiger partial charge is 0.330 e. The highest BCUT2D eigenvalue weighted by Crippen LogP contribution is 2.22. The summed E-state index contributed by atoms with van der Waals surface area (Å²) in [6.07, 6.45) is 1.70. The lowest BCUT2D eigenvalue weighted by molar-refractivity contribution is 0.273. The van der Waals surface area contributed by atoms with Crippen LogP contribution in [-0.4, -0.2) is 32.4 Å². The molecule has 0 spiro atoms. The third kappa shape index (κ3) is 3.82. The maximum Gasteiger partial charge on any atom is 0.301 e. The van der Waals surface area contributed by atoms with Crippen LogP contribution in [0.2, 0.25) is 5.02 Å². The Labute approximate surface area is 123 Å². The van der Waals surface area contributed by atoms with Crippen LogP contribution in [0.3, 0.4) is 0 Å². The second-order valence-electron chi connectivity index (χ2n) is 4.87. The Morgan fingerprint density at radius 2 is 2.20 bits per heavy atom. The number of benzene rings is 1. The van der Waals surface area contributed by atoms with Crippen LogP contribution in [-0.2, 0) is 10.2 Å². The fourth-order valence-electron chi connectivity index (χ4n) is 2.26. The van der Waals surface area contributed by atoms with Crippen molar-refractivity contribution in [1.82, 2.24) is 4.31 Å². The van der Waals surface area contributed by atoms with Crippen molar-refractivity contribution in [2.45, 2.75) is 12.8 Å². The van der Waals surface area contributed by atoms with Gasteiger partial charge in [0.05, 0.1) is 5.69 Å². The molecule has 1 heterocycles. The first-order chi connectivity index (χ1) is 9.40. The van der Waals surface area contributed by atoms with Gasteiger partial charge in [-0.3, -0.25) is 4.72 Å². The van der Waals surface area contributed by atoms with Crippen molar-refractivity contribution in [3.63, 3.8) is 0 Å². The Morgan fingerprint density at radius 3 is 2.85 bits per heavy atom. The summed E-state index contributed by atoms with van der Waals surface area (Å²) >= 11 is 5.71. The molecule has 3 N–H and O–H groups in total. The molecule has 0 saturated carbocycles. The standard InChI is InChI=1S/C12H17ClFN3O2S/c13-10-4-11(14)6-12(5-10)16-20(18,19)17-3-1-2-9(7-15)8-17/h4-6,9,16H,1-3,7-8,15H2. The molecule has 1 saturated heterocycles. The number of anilines is 1. The van der Waals surface area contributed by atoms with Crippen molar-refractivity contribution in [2.24, 2.45) is 11.7 Å². The van der Waals surface area contributed by atoms with E-state index in [4.69, 9.17) is 17.3 Å². The number of hydrogen-bond acceptors (Lipinski definition) is 3. The van der Waals surface area contributed by atoms with Crippen molar-refractivity contribution in [1.29, 1.82) is 0 Å². The van der Waals surface area contributed by atoms with Crippen LogP contribution in [0, 0.1) is 11.7 Å². The van der Waals surface area contributed by atoms with Crippen LogP contribution in [0.25, 0.3) is 0 Å². The van der Waals surface area contributed by atoms with E-state index in [2.05, 4.69) is 4.72 Å². The topological polar surface area (TPSA) is 75.4 Å². The predicted molar refractivity (Wildman–Crippen MR) is 77.3 cm³/mol. The van der Waals surface area contributed by atoms with Crippen LogP contribution in [0.15, 0.2) is 18.2 Å². The van der Waals surface area contributed by atoms with Gasteiger partial charge in [0, 0.05) is 18.1 Å². The van der Waals surface area contributed by atoms with E-state index < -0.39 is 16.0 Å². The lowest BCUT2D eigenvalue weighted by Gasteiger charge is -2.31. The van der Waals surface area contributed by atoms with Gasteiger partial charge in [-0.15, -0.1) is 0 Å². The molecule has 0 amide bonds. The third-order valence-electron chi connectivity index (χ3n) is 3.26. The number of hydrogen-bond donors (Lipinski definition) is 2. The monoisotopic (exact) mass is 321 g/mol. The molecule has 5 nitrogen and oxygen atoms in total. The van der Waals surface area contributed by atoms with Crippen molar-refractivity contribution in [2.75, 3.05) is 24.4 Å². The minimum absolute atomic E-state index is 0.116. The van der Waals surface area contributed by atoms with Crippen molar-refractivity contribution >= 4 is 27.5 Å². The summed E-state index contributed by atoms with van der Waals surface area (Å²) in [6, 6.07) is 3.57. The van der Waals surface area contributed by atoms with Crippen LogP contribution < -0.4 is 10.5 Å². The van der Waals surface area contributed by atoms with Crippen LogP contribution in [0.5, 0.6) is 0 Å². The smallest absolute Gasteiger partial charge is 0.301 e. The van der Waals surface area contributed by atoms with Crippen molar-refractivity contribution in [3.8, 4) is 0 Å². The van der Waals surface area contributed by atoms with Gasteiger partial charge < -0.3 is 5.73 Å². The van der Waals surface area contributed by atoms with Crippen molar-refractivity contribution in [3.05, 3.63) is 29.0 Å². The number of halogens is 2. The highest BCUT2D eigenvalue weighted by molar-refractivity contribution is 7.90. The van der Waals surface area contributed by atoms with Gasteiger partial charge in [-0.2, -0.15) is 12.7 Å². The summed E-state index contributed by atoms with van der Waals surface area (Å²) in [5, 5.41) is 0.140. The Morgan fingerprint density at radius 1 is 1.45 bits per heavy atom. The quantitative estimate of drug-likeness (QED) is 0.888. The minimum Gasteiger partial charge on any atom is -0.330 e. The van der Waals surface area contributed by atoms with Crippen LogP contribution in [0.4, 0.5) is 10.1 Å². The molecule has 112 valence electrons. The van der Waals surface area contributed by atoms with E-state index in [-0.39, 0.29) is 16.6 Å². The van der Waals surface area contributed by atoms with E-state index in [1.165, 1.54) is 10.4 Å². The van der Waals surface area contributed by atoms with Gasteiger partial charge in [-0.25, -0.2) is 4.39 Å². The van der Waals surface area contributed by atoms with E-state index in [1.54, 1.807) is 0 Å². The maximum absolute atomic E-state index is 13.2. The normalized spacial score (nSPS) is 20.9. The molecule has 1 aromatic rings. The molecule has 1 aromatic carbocycles. The average molecular weight is 322 g/mol. The Hall–Kier alpha value is -0.890. The first kappa shape index (κ1) is 15.5. The number of nitrogens with zero attached hydrogens (tertiary/aromatic N) is 1. The summed E-state index contributed by atoms with van der Waals surface area (Å²) in [5.74, 6) is -0.426. The molecule has 8 heteroatoms. The average Bonchev–Trinajstić information content (AvgIpc) is 2.37. The molecule has 1 unspecified atom stereocenters. The third-order valence-corrected chi connectivity index (χ3v) is 4.99. The van der Waals surface area contributed by atoms with Crippen LogP contribution >= 0.6 is 11.6 Å². The molecule has 1 aliphatic rings. The van der Waals surface area contributed by atoms with Gasteiger partial charge >= 0.3 is 10.2 Å². The van der Waals surface area contributed by atoms with E-state index in [0.29, 0.717) is 19.6 Å². The maximum atomic E-state index is 13.2. The summed E-state index contributed by atoms with van der Waals surface area (Å²) in [5.41, 5.74) is 5.71. The Bertz CT molecular complexity index is 562. The van der Waals surface area contributed by atoms with Gasteiger partial charge in [0.25, 0.3) is 0 Å². The van der Waals surface area contributed by atoms with Gasteiger partial charge in [0.1, 0.15) is 5.82 Å². The number of piperidine rings is 1. The first-order valence-corrected chi connectivity index (χ1v) is 8.16. The van der Waals surface area contributed by atoms with E-state index in [9.17, 15) is 12.8 Å². The fourth-order valence-corrected chi connectivity index (χ4v) is 3.81. The fraction of sp³-hybridized carbons (Fsp3) is 0.500. The Balaban J connectivity index is 2.14. The van der Waals surface area contributed by atoms with E-state index in [1.807, 2.05) is 0 Å². The minimum atomic E-state index is -3.71. The highest BCUT2D eigenvalue weighted by atomic mass is 35.5. The van der Waals surface area contributed by atoms with Gasteiger partial charge in [0.2, 0.25) is 0 Å². The molecular formula is C12H17ClFN3O2S. The second-order valence-corrected chi connectivity index (χ2v) is 6.97. The molecule has 20 heavy (non-hydrogen) atoms. The first-order valence-electron chi connectivity index (χ1n) is 6.35. The molecule has 0 aliphatic carbocycles. The molecule has 0 aromatic heterocycles. The van der Waals surface area contributed by atoms with Gasteiger partial charge in [-0.05, 0) is 43.5 Å². The molecule has 2 rings (SSSR count). The van der Waals surface area contributed by atoms with E-state index >= 15 is 0 Å². The van der Waals surface area contributed by atoms with Gasteiger partial charge in [0.15, 0.2) is 0 Å². The SMILES string of the molecule is NCC1CCCN(S(=O)(=O)Nc2cc(F)cc(Cl)c2)C1. The summed E-state index contributed by atoms with van der Waals surface area (Å²) < 4.78 is 41.4. The number of rotatable bonds is 4. The molecule has 0 bridgehead atoms. The Kier molecular flexibility index (Phi) is 4.85. The highest BCUT2D eigenvalue weighted by Gasteiger charge is 2.28. The van der Waals surface area contributed by atoms with Crippen molar-refractivity contribution < 1.29 is 12.8 Å². The second kappa shape index (κ2) is 6.26. The zero-order chi connectivity index (χ0) is 14.8. The zero-order valence-electron chi connectivity index (χ0n) is 10.9. The zero-order valence-corrected chi connectivity index (χ0v) is 12.4. The molecular weight excluding hydrogens is 305 g/mol. The lowest BCUT2D eigenvalue weighted by Crippen LogP contribution is -2.44. The lowest BCUT2D eigenvalue weighted by atomic mass is 10.0. The number of nitrogens with two attached hydrogens (primary N) is 1.